The fraction of sp³-hybridized carbons (Fsp3) is 0.286. The largest absolute Gasteiger partial charge is 0.456 e. The van der Waals surface area contributed by atoms with Crippen molar-refractivity contribution in [2.45, 2.75) is 33.3 Å². The number of carbonyl (C=O) groups is 3. The van der Waals surface area contributed by atoms with Gasteiger partial charge in [0.05, 0.1) is 5.56 Å². The third kappa shape index (κ3) is 5.95. The fourth-order valence-electron chi connectivity index (χ4n) is 2.33. The highest BCUT2D eigenvalue weighted by Gasteiger charge is 2.19. The van der Waals surface area contributed by atoms with E-state index >= 15 is 0 Å². The Hall–Kier alpha value is -3.15. The highest BCUT2D eigenvalue weighted by molar-refractivity contribution is 6.06. The molecule has 0 saturated heterocycles. The summed E-state index contributed by atoms with van der Waals surface area (Å²) < 4.78 is 5.33. The van der Waals surface area contributed by atoms with Crippen LogP contribution in [0.1, 0.15) is 58.8 Å². The third-order valence-electron chi connectivity index (χ3n) is 3.48. The molecule has 6 heteroatoms. The van der Waals surface area contributed by atoms with Crippen LogP contribution in [-0.4, -0.2) is 29.9 Å². The number of rotatable bonds is 5. The summed E-state index contributed by atoms with van der Waals surface area (Å²) >= 11 is 0. The van der Waals surface area contributed by atoms with Crippen molar-refractivity contribution in [1.29, 1.82) is 0 Å². The number of hydrogen-bond acceptors (Lipinski definition) is 4. The van der Waals surface area contributed by atoms with Crippen LogP contribution in [0.15, 0.2) is 48.5 Å². The van der Waals surface area contributed by atoms with Gasteiger partial charge in [-0.15, -0.1) is 0 Å². The number of nitrogens with one attached hydrogen (secondary N) is 2. The van der Waals surface area contributed by atoms with Gasteiger partial charge in [-0.1, -0.05) is 12.1 Å². The SMILES string of the molecule is CCNC(=O)c1cccc(NC(=O)c2cccc(C(=O)OC(C)(C)C)c2)c1. The van der Waals surface area contributed by atoms with Gasteiger partial charge in [0.15, 0.2) is 0 Å². The molecule has 0 saturated carbocycles. The molecule has 2 N–H and O–H groups in total. The molecule has 0 aliphatic rings. The van der Waals surface area contributed by atoms with E-state index in [0.29, 0.717) is 28.9 Å². The van der Waals surface area contributed by atoms with Crippen LogP contribution in [0.25, 0.3) is 0 Å². The summed E-state index contributed by atoms with van der Waals surface area (Å²) in [7, 11) is 0. The highest BCUT2D eigenvalue weighted by Crippen LogP contribution is 2.16. The van der Waals surface area contributed by atoms with E-state index in [1.807, 2.05) is 6.92 Å². The highest BCUT2D eigenvalue weighted by atomic mass is 16.6. The van der Waals surface area contributed by atoms with Gasteiger partial charge in [0.2, 0.25) is 0 Å². The molecular formula is C21H24N2O4. The van der Waals surface area contributed by atoms with E-state index in [0.717, 1.165) is 0 Å². The number of hydrogen-bond donors (Lipinski definition) is 2. The first-order valence-corrected chi connectivity index (χ1v) is 8.72. The molecule has 0 bridgehead atoms. The van der Waals surface area contributed by atoms with Gasteiger partial charge in [-0.25, -0.2) is 4.79 Å². The lowest BCUT2D eigenvalue weighted by molar-refractivity contribution is 0.00694. The van der Waals surface area contributed by atoms with Crippen LogP contribution in [0.4, 0.5) is 5.69 Å². The van der Waals surface area contributed by atoms with Gasteiger partial charge in [-0.3, -0.25) is 9.59 Å². The second kappa shape index (κ2) is 8.49. The van der Waals surface area contributed by atoms with Gasteiger partial charge >= 0.3 is 5.97 Å². The van der Waals surface area contributed by atoms with E-state index in [4.69, 9.17) is 4.74 Å². The maximum absolute atomic E-state index is 12.5. The zero-order chi connectivity index (χ0) is 20.0. The van der Waals surface area contributed by atoms with Crippen molar-refractivity contribution in [3.63, 3.8) is 0 Å². The number of carbonyl (C=O) groups excluding carboxylic acids is 3. The summed E-state index contributed by atoms with van der Waals surface area (Å²) in [5, 5.41) is 5.45. The Morgan fingerprint density at radius 2 is 1.48 bits per heavy atom. The van der Waals surface area contributed by atoms with E-state index in [1.165, 1.54) is 6.07 Å². The maximum atomic E-state index is 12.5. The Kier molecular flexibility index (Phi) is 6.34. The summed E-state index contributed by atoms with van der Waals surface area (Å²) in [4.78, 5) is 36.6. The van der Waals surface area contributed by atoms with Gasteiger partial charge in [-0.05, 0) is 64.1 Å². The first kappa shape index (κ1) is 20.2. The van der Waals surface area contributed by atoms with Crippen LogP contribution in [-0.2, 0) is 4.74 Å². The van der Waals surface area contributed by atoms with Gasteiger partial charge < -0.3 is 15.4 Å². The number of ether oxygens (including phenoxy) is 1. The van der Waals surface area contributed by atoms with Gasteiger partial charge in [0, 0.05) is 23.4 Å². The Morgan fingerprint density at radius 3 is 2.11 bits per heavy atom. The summed E-state index contributed by atoms with van der Waals surface area (Å²) in [6.45, 7) is 7.70. The average molecular weight is 368 g/mol. The molecule has 0 aromatic heterocycles. The zero-order valence-corrected chi connectivity index (χ0v) is 16.0. The molecule has 27 heavy (non-hydrogen) atoms. The average Bonchev–Trinajstić information content (AvgIpc) is 2.61. The molecular weight excluding hydrogens is 344 g/mol. The quantitative estimate of drug-likeness (QED) is 0.789. The molecule has 142 valence electrons. The summed E-state index contributed by atoms with van der Waals surface area (Å²) in [6, 6.07) is 13.0. The minimum absolute atomic E-state index is 0.208. The summed E-state index contributed by atoms with van der Waals surface area (Å²) in [6.07, 6.45) is 0. The molecule has 2 amide bonds. The molecule has 2 aromatic rings. The van der Waals surface area contributed by atoms with Crippen molar-refractivity contribution >= 4 is 23.5 Å². The van der Waals surface area contributed by atoms with Crippen molar-refractivity contribution in [3.8, 4) is 0 Å². The molecule has 6 nitrogen and oxygen atoms in total. The zero-order valence-electron chi connectivity index (χ0n) is 16.0. The predicted octanol–water partition coefficient (Wildman–Crippen LogP) is 3.64. The first-order chi connectivity index (χ1) is 12.7. The molecule has 2 aromatic carbocycles. The number of esters is 1. The van der Waals surface area contributed by atoms with E-state index in [2.05, 4.69) is 10.6 Å². The number of anilines is 1. The van der Waals surface area contributed by atoms with E-state index in [9.17, 15) is 14.4 Å². The second-order valence-electron chi connectivity index (χ2n) is 6.98. The van der Waals surface area contributed by atoms with Gasteiger partial charge in [-0.2, -0.15) is 0 Å². The smallest absolute Gasteiger partial charge is 0.338 e. The second-order valence-corrected chi connectivity index (χ2v) is 6.98. The van der Waals surface area contributed by atoms with E-state index in [1.54, 1.807) is 63.2 Å². The summed E-state index contributed by atoms with van der Waals surface area (Å²) in [5.41, 5.74) is 0.952. The van der Waals surface area contributed by atoms with Crippen LogP contribution in [0.3, 0.4) is 0 Å². The van der Waals surface area contributed by atoms with Crippen molar-refractivity contribution in [3.05, 3.63) is 65.2 Å². The lowest BCUT2D eigenvalue weighted by atomic mass is 10.1. The van der Waals surface area contributed by atoms with Crippen LogP contribution in [0.5, 0.6) is 0 Å². The van der Waals surface area contributed by atoms with Crippen LogP contribution in [0.2, 0.25) is 0 Å². The Balaban J connectivity index is 2.15. The third-order valence-corrected chi connectivity index (χ3v) is 3.48. The number of amides is 2. The maximum Gasteiger partial charge on any atom is 0.338 e. The Labute approximate surface area is 158 Å². The Morgan fingerprint density at radius 1 is 0.889 bits per heavy atom. The monoisotopic (exact) mass is 368 g/mol. The Bertz CT molecular complexity index is 853. The fourth-order valence-corrected chi connectivity index (χ4v) is 2.33. The molecule has 0 unspecified atom stereocenters. The van der Waals surface area contributed by atoms with Crippen LogP contribution < -0.4 is 10.6 Å². The lowest BCUT2D eigenvalue weighted by Gasteiger charge is -2.19. The van der Waals surface area contributed by atoms with E-state index < -0.39 is 11.6 Å². The predicted molar refractivity (Wildman–Crippen MR) is 104 cm³/mol. The van der Waals surface area contributed by atoms with Gasteiger partial charge in [0.25, 0.3) is 11.8 Å². The molecule has 0 atom stereocenters. The van der Waals surface area contributed by atoms with Crippen molar-refractivity contribution in [2.24, 2.45) is 0 Å². The molecule has 0 radical (unpaired) electrons. The molecule has 2 rings (SSSR count). The molecule has 0 spiro atoms. The van der Waals surface area contributed by atoms with Gasteiger partial charge in [0.1, 0.15) is 5.60 Å². The van der Waals surface area contributed by atoms with Crippen LogP contribution >= 0.6 is 0 Å². The van der Waals surface area contributed by atoms with Crippen molar-refractivity contribution in [2.75, 3.05) is 11.9 Å². The molecule has 0 heterocycles. The lowest BCUT2D eigenvalue weighted by Crippen LogP contribution is -2.24. The molecule has 0 fully saturated rings. The van der Waals surface area contributed by atoms with Crippen molar-refractivity contribution < 1.29 is 19.1 Å². The first-order valence-electron chi connectivity index (χ1n) is 8.72. The molecule has 0 aliphatic carbocycles. The van der Waals surface area contributed by atoms with Crippen molar-refractivity contribution in [1.82, 2.24) is 5.32 Å². The minimum Gasteiger partial charge on any atom is -0.456 e. The van der Waals surface area contributed by atoms with E-state index in [-0.39, 0.29) is 11.8 Å². The minimum atomic E-state index is -0.616. The standard InChI is InChI=1S/C21H24N2O4/c1-5-22-18(24)15-9-7-11-17(13-15)23-19(25)14-8-6-10-16(12-14)20(26)27-21(2,3)4/h6-13H,5H2,1-4H3,(H,22,24)(H,23,25). The summed E-state index contributed by atoms with van der Waals surface area (Å²) in [5.74, 6) is -1.08. The van der Waals surface area contributed by atoms with Crippen LogP contribution in [0, 0.1) is 0 Å². The topological polar surface area (TPSA) is 84.5 Å². The normalized spacial score (nSPS) is 10.8. The molecule has 0 aliphatic heterocycles. The number of benzene rings is 2.